The first-order valence-electron chi connectivity index (χ1n) is 6.57. The summed E-state index contributed by atoms with van der Waals surface area (Å²) in [6.07, 6.45) is 6.13. The monoisotopic (exact) mass is 239 g/mol. The predicted molar refractivity (Wildman–Crippen MR) is 73.3 cm³/mol. The Labute approximate surface area is 107 Å². The first-order valence-corrected chi connectivity index (χ1v) is 6.57. The van der Waals surface area contributed by atoms with E-state index in [4.69, 9.17) is 0 Å². The highest BCUT2D eigenvalue weighted by atomic mass is 16.3. The van der Waals surface area contributed by atoms with Crippen molar-refractivity contribution >= 4 is 10.9 Å². The van der Waals surface area contributed by atoms with Crippen molar-refractivity contribution in [3.63, 3.8) is 0 Å². The summed E-state index contributed by atoms with van der Waals surface area (Å²) in [5.74, 6) is 0. The Hall–Kier alpha value is -1.67. The van der Waals surface area contributed by atoms with Gasteiger partial charge in [0, 0.05) is 5.39 Å². The van der Waals surface area contributed by atoms with Gasteiger partial charge in [-0.1, -0.05) is 30.3 Å². The van der Waals surface area contributed by atoms with Crippen LogP contribution in [0, 0.1) is 0 Å². The molecule has 92 valence electrons. The Kier molecular flexibility index (Phi) is 3.11. The molecule has 0 radical (unpaired) electrons. The number of aliphatic hydroxyl groups excluding tert-OH is 1. The molecule has 1 heterocycles. The zero-order valence-electron chi connectivity index (χ0n) is 10.3. The molecule has 1 N–H and O–H groups in total. The molecule has 1 aliphatic carbocycles. The number of rotatable bonds is 2. The van der Waals surface area contributed by atoms with Crippen LogP contribution < -0.4 is 0 Å². The van der Waals surface area contributed by atoms with Crippen LogP contribution in [0.4, 0.5) is 0 Å². The van der Waals surface area contributed by atoms with Gasteiger partial charge in [-0.3, -0.25) is 0 Å². The second kappa shape index (κ2) is 4.91. The molecule has 1 aliphatic rings. The van der Waals surface area contributed by atoms with E-state index in [9.17, 15) is 5.11 Å². The van der Waals surface area contributed by atoms with Crippen LogP contribution in [0.15, 0.2) is 48.0 Å². The van der Waals surface area contributed by atoms with Crippen LogP contribution in [0.5, 0.6) is 0 Å². The molecular formula is C16H17NO. The predicted octanol–water partition coefficient (Wildman–Crippen LogP) is 3.77. The van der Waals surface area contributed by atoms with Gasteiger partial charge in [0.1, 0.15) is 6.10 Å². The van der Waals surface area contributed by atoms with E-state index >= 15 is 0 Å². The lowest BCUT2D eigenvalue weighted by Gasteiger charge is -2.18. The molecule has 1 unspecified atom stereocenters. The van der Waals surface area contributed by atoms with E-state index in [1.807, 2.05) is 36.4 Å². The fourth-order valence-electron chi connectivity index (χ4n) is 2.54. The van der Waals surface area contributed by atoms with Gasteiger partial charge in [0.05, 0.1) is 11.2 Å². The molecule has 2 nitrogen and oxygen atoms in total. The summed E-state index contributed by atoms with van der Waals surface area (Å²) in [6, 6.07) is 12.0. The van der Waals surface area contributed by atoms with Crippen molar-refractivity contribution in [2.75, 3.05) is 0 Å². The zero-order chi connectivity index (χ0) is 12.4. The van der Waals surface area contributed by atoms with Crippen molar-refractivity contribution in [2.45, 2.75) is 31.8 Å². The largest absolute Gasteiger partial charge is 0.382 e. The molecular weight excluding hydrogens is 222 g/mol. The fourth-order valence-corrected chi connectivity index (χ4v) is 2.54. The van der Waals surface area contributed by atoms with Crippen LogP contribution in [0.25, 0.3) is 10.9 Å². The van der Waals surface area contributed by atoms with Crippen LogP contribution in [-0.2, 0) is 0 Å². The Morgan fingerprint density at radius 2 is 1.94 bits per heavy atom. The minimum atomic E-state index is -0.532. The van der Waals surface area contributed by atoms with Crippen LogP contribution >= 0.6 is 0 Å². The van der Waals surface area contributed by atoms with Crippen molar-refractivity contribution in [3.8, 4) is 0 Å². The molecule has 18 heavy (non-hydrogen) atoms. The molecule has 1 atom stereocenters. The fraction of sp³-hybridized carbons (Fsp3) is 0.312. The number of allylic oxidation sites excluding steroid dienone is 1. The molecule has 0 spiro atoms. The van der Waals surface area contributed by atoms with Gasteiger partial charge in [-0.05, 0) is 43.4 Å². The van der Waals surface area contributed by atoms with Crippen molar-refractivity contribution in [2.24, 2.45) is 0 Å². The molecule has 0 amide bonds. The van der Waals surface area contributed by atoms with Gasteiger partial charge in [0.2, 0.25) is 0 Å². The lowest BCUT2D eigenvalue weighted by molar-refractivity contribution is 0.204. The van der Waals surface area contributed by atoms with Gasteiger partial charge in [0.15, 0.2) is 0 Å². The van der Waals surface area contributed by atoms with E-state index in [2.05, 4.69) is 11.1 Å². The normalized spacial score (nSPS) is 17.5. The summed E-state index contributed by atoms with van der Waals surface area (Å²) >= 11 is 0. The molecule has 1 aromatic carbocycles. The van der Waals surface area contributed by atoms with Crippen LogP contribution in [0.3, 0.4) is 0 Å². The van der Waals surface area contributed by atoms with E-state index in [1.54, 1.807) is 0 Å². The minimum absolute atomic E-state index is 0.532. The van der Waals surface area contributed by atoms with Gasteiger partial charge >= 0.3 is 0 Å². The molecule has 0 aliphatic heterocycles. The zero-order valence-corrected chi connectivity index (χ0v) is 10.3. The van der Waals surface area contributed by atoms with Gasteiger partial charge in [-0.2, -0.15) is 0 Å². The number of aliphatic hydroxyl groups is 1. The maximum absolute atomic E-state index is 10.4. The molecule has 1 aromatic heterocycles. The average molecular weight is 239 g/mol. The SMILES string of the molecule is OC(C1=CCCCC1)c1ccc2ccccc2n1. The van der Waals surface area contributed by atoms with Crippen LogP contribution in [-0.4, -0.2) is 10.1 Å². The van der Waals surface area contributed by atoms with E-state index in [0.29, 0.717) is 0 Å². The lowest BCUT2D eigenvalue weighted by Crippen LogP contribution is -2.06. The molecule has 2 aromatic rings. The number of hydrogen-bond acceptors (Lipinski definition) is 2. The third-order valence-electron chi connectivity index (χ3n) is 3.58. The first kappa shape index (κ1) is 11.4. The first-order chi connectivity index (χ1) is 8.84. The summed E-state index contributed by atoms with van der Waals surface area (Å²) in [4.78, 5) is 4.56. The number of nitrogens with zero attached hydrogens (tertiary/aromatic N) is 1. The molecule has 0 bridgehead atoms. The van der Waals surface area contributed by atoms with Crippen molar-refractivity contribution in [3.05, 3.63) is 53.7 Å². The highest BCUT2D eigenvalue weighted by Crippen LogP contribution is 2.29. The number of pyridine rings is 1. The van der Waals surface area contributed by atoms with E-state index < -0.39 is 6.10 Å². The highest BCUT2D eigenvalue weighted by Gasteiger charge is 2.16. The van der Waals surface area contributed by atoms with E-state index in [-0.39, 0.29) is 0 Å². The summed E-state index contributed by atoms with van der Waals surface area (Å²) in [5, 5.41) is 11.5. The van der Waals surface area contributed by atoms with E-state index in [0.717, 1.165) is 35.0 Å². The third-order valence-corrected chi connectivity index (χ3v) is 3.58. The Bertz CT molecular complexity index is 588. The second-order valence-corrected chi connectivity index (χ2v) is 4.86. The Morgan fingerprint density at radius 3 is 2.78 bits per heavy atom. The maximum Gasteiger partial charge on any atom is 0.117 e. The Morgan fingerprint density at radius 1 is 1.06 bits per heavy atom. The molecule has 0 fully saturated rings. The van der Waals surface area contributed by atoms with Gasteiger partial charge < -0.3 is 5.11 Å². The van der Waals surface area contributed by atoms with Crippen molar-refractivity contribution in [1.29, 1.82) is 0 Å². The lowest BCUT2D eigenvalue weighted by atomic mass is 9.93. The van der Waals surface area contributed by atoms with Crippen LogP contribution in [0.1, 0.15) is 37.5 Å². The standard InChI is InChI=1S/C16H17NO/c18-16(13-7-2-1-3-8-13)15-11-10-12-6-4-5-9-14(12)17-15/h4-7,9-11,16,18H,1-3,8H2. The number of fused-ring (bicyclic) bond motifs is 1. The average Bonchev–Trinajstić information content (AvgIpc) is 2.47. The smallest absolute Gasteiger partial charge is 0.117 e. The van der Waals surface area contributed by atoms with Gasteiger partial charge in [-0.15, -0.1) is 0 Å². The molecule has 0 saturated heterocycles. The summed E-state index contributed by atoms with van der Waals surface area (Å²) in [7, 11) is 0. The van der Waals surface area contributed by atoms with Gasteiger partial charge in [0.25, 0.3) is 0 Å². The molecule has 2 heteroatoms. The van der Waals surface area contributed by atoms with Crippen molar-refractivity contribution < 1.29 is 5.11 Å². The third kappa shape index (κ3) is 2.16. The van der Waals surface area contributed by atoms with Crippen LogP contribution in [0.2, 0.25) is 0 Å². The Balaban J connectivity index is 1.96. The summed E-state index contributed by atoms with van der Waals surface area (Å²) in [5.41, 5.74) is 2.84. The number of aromatic nitrogens is 1. The molecule has 3 rings (SSSR count). The maximum atomic E-state index is 10.4. The summed E-state index contributed by atoms with van der Waals surface area (Å²) in [6.45, 7) is 0. The van der Waals surface area contributed by atoms with Gasteiger partial charge in [-0.25, -0.2) is 4.98 Å². The highest BCUT2D eigenvalue weighted by molar-refractivity contribution is 5.78. The van der Waals surface area contributed by atoms with E-state index in [1.165, 1.54) is 12.8 Å². The topological polar surface area (TPSA) is 33.1 Å². The number of hydrogen-bond donors (Lipinski definition) is 1. The quantitative estimate of drug-likeness (QED) is 0.809. The summed E-state index contributed by atoms with van der Waals surface area (Å²) < 4.78 is 0. The molecule has 0 saturated carbocycles. The second-order valence-electron chi connectivity index (χ2n) is 4.86. The number of para-hydroxylation sites is 1. The van der Waals surface area contributed by atoms with Crippen molar-refractivity contribution in [1.82, 2.24) is 4.98 Å². The number of benzene rings is 1. The minimum Gasteiger partial charge on any atom is -0.382 e.